The molecule has 1 N–H and O–H groups in total. The molecule has 1 aromatic heterocycles. The molecular weight excluding hydrogens is 443 g/mol. The predicted molar refractivity (Wildman–Crippen MR) is 113 cm³/mol. The van der Waals surface area contributed by atoms with E-state index in [1.165, 1.54) is 12.1 Å². The number of aromatic nitrogens is 1. The molecule has 1 atom stereocenters. The summed E-state index contributed by atoms with van der Waals surface area (Å²) in [5.74, 6) is -0.903. The van der Waals surface area contributed by atoms with E-state index in [-0.39, 0.29) is 29.2 Å². The molecule has 0 radical (unpaired) electrons. The second-order valence-corrected chi connectivity index (χ2v) is 10.3. The summed E-state index contributed by atoms with van der Waals surface area (Å²) >= 11 is 0. The molecule has 0 saturated carbocycles. The van der Waals surface area contributed by atoms with Gasteiger partial charge in [0.15, 0.2) is 9.84 Å². The van der Waals surface area contributed by atoms with E-state index in [0.717, 1.165) is 28.4 Å². The van der Waals surface area contributed by atoms with E-state index in [9.17, 15) is 26.4 Å². The zero-order valence-corrected chi connectivity index (χ0v) is 18.1. The van der Waals surface area contributed by atoms with Gasteiger partial charge in [-0.3, -0.25) is 4.79 Å². The van der Waals surface area contributed by atoms with Gasteiger partial charge in [-0.2, -0.15) is 13.2 Å². The normalized spacial score (nSPS) is 16.8. The molecule has 0 spiro atoms. The maximum atomic E-state index is 13.8. The number of alkyl halides is 3. The van der Waals surface area contributed by atoms with Gasteiger partial charge < -0.3 is 9.67 Å². The summed E-state index contributed by atoms with van der Waals surface area (Å²) in [6.45, 7) is 0.501. The highest BCUT2D eigenvalue weighted by molar-refractivity contribution is 7.90. The molecule has 32 heavy (non-hydrogen) atoms. The second kappa shape index (κ2) is 7.95. The van der Waals surface area contributed by atoms with Crippen molar-refractivity contribution in [3.05, 3.63) is 64.8 Å². The summed E-state index contributed by atoms with van der Waals surface area (Å²) in [4.78, 5) is 10.8. The monoisotopic (exact) mass is 465 g/mol. The fourth-order valence-electron chi connectivity index (χ4n) is 4.62. The van der Waals surface area contributed by atoms with Gasteiger partial charge in [0.1, 0.15) is 0 Å². The SMILES string of the molecule is CS(=O)(=O)c1ccc(Cc2c3n(c4ccccc24)CC(CC(=O)O)CC3)c(C(F)(F)F)c1. The van der Waals surface area contributed by atoms with Crippen LogP contribution in [0.2, 0.25) is 0 Å². The highest BCUT2D eigenvalue weighted by atomic mass is 32.2. The van der Waals surface area contributed by atoms with Crippen molar-refractivity contribution in [2.45, 2.75) is 43.3 Å². The number of nitrogens with zero attached hydrogens (tertiary/aromatic N) is 1. The van der Waals surface area contributed by atoms with Crippen LogP contribution in [-0.2, 0) is 40.2 Å². The molecule has 1 aliphatic rings. The lowest BCUT2D eigenvalue weighted by Crippen LogP contribution is -2.23. The number of sulfone groups is 1. The lowest BCUT2D eigenvalue weighted by molar-refractivity contribution is -0.139. The van der Waals surface area contributed by atoms with Crippen molar-refractivity contribution in [1.82, 2.24) is 4.57 Å². The number of aliphatic carboxylic acids is 1. The Morgan fingerprint density at radius 1 is 1.19 bits per heavy atom. The van der Waals surface area contributed by atoms with Crippen molar-refractivity contribution < 1.29 is 31.5 Å². The van der Waals surface area contributed by atoms with Crippen LogP contribution in [0, 0.1) is 5.92 Å². The molecule has 5 nitrogen and oxygen atoms in total. The lowest BCUT2D eigenvalue weighted by Gasteiger charge is -2.25. The number of carbonyl (C=O) groups is 1. The Bertz CT molecular complexity index is 1310. The molecule has 0 saturated heterocycles. The second-order valence-electron chi connectivity index (χ2n) is 8.32. The first-order valence-corrected chi connectivity index (χ1v) is 12.0. The number of benzene rings is 2. The minimum absolute atomic E-state index is 0.00529. The number of hydrogen-bond donors (Lipinski definition) is 1. The fraction of sp³-hybridized carbons (Fsp3) is 0.348. The van der Waals surface area contributed by atoms with E-state index in [4.69, 9.17) is 5.11 Å². The van der Waals surface area contributed by atoms with Crippen molar-refractivity contribution in [2.24, 2.45) is 5.92 Å². The Morgan fingerprint density at radius 3 is 2.56 bits per heavy atom. The van der Waals surface area contributed by atoms with Crippen LogP contribution in [0.1, 0.15) is 35.2 Å². The van der Waals surface area contributed by atoms with Crippen LogP contribution < -0.4 is 0 Å². The number of para-hydroxylation sites is 1. The van der Waals surface area contributed by atoms with Crippen LogP contribution in [0.15, 0.2) is 47.4 Å². The van der Waals surface area contributed by atoms with Crippen LogP contribution in [-0.4, -0.2) is 30.3 Å². The van der Waals surface area contributed by atoms with E-state index in [0.29, 0.717) is 25.5 Å². The van der Waals surface area contributed by atoms with Crippen molar-refractivity contribution in [3.8, 4) is 0 Å². The largest absolute Gasteiger partial charge is 0.481 e. The predicted octanol–water partition coefficient (Wildman–Crippen LogP) is 4.69. The van der Waals surface area contributed by atoms with Gasteiger partial charge in [-0.15, -0.1) is 0 Å². The zero-order valence-electron chi connectivity index (χ0n) is 17.3. The van der Waals surface area contributed by atoms with Crippen LogP contribution >= 0.6 is 0 Å². The molecule has 170 valence electrons. The van der Waals surface area contributed by atoms with E-state index in [1.54, 1.807) is 0 Å². The van der Waals surface area contributed by atoms with Crippen LogP contribution in [0.25, 0.3) is 10.9 Å². The minimum atomic E-state index is -4.70. The molecule has 0 amide bonds. The first-order chi connectivity index (χ1) is 14.9. The number of carboxylic acids is 1. The number of fused-ring (bicyclic) bond motifs is 3. The summed E-state index contributed by atoms with van der Waals surface area (Å²) < 4.78 is 67.1. The first kappa shape index (κ1) is 22.4. The molecule has 4 rings (SSSR count). The number of halogens is 3. The molecule has 0 fully saturated rings. The average molecular weight is 465 g/mol. The molecule has 3 aromatic rings. The third-order valence-electron chi connectivity index (χ3n) is 6.07. The summed E-state index contributed by atoms with van der Waals surface area (Å²) in [7, 11) is -3.78. The van der Waals surface area contributed by atoms with Crippen LogP contribution in [0.3, 0.4) is 0 Å². The third kappa shape index (κ3) is 4.26. The summed E-state index contributed by atoms with van der Waals surface area (Å²) in [5.41, 5.74) is 1.61. The first-order valence-electron chi connectivity index (χ1n) is 10.2. The van der Waals surface area contributed by atoms with E-state index < -0.39 is 27.5 Å². The van der Waals surface area contributed by atoms with Gasteiger partial charge in [-0.25, -0.2) is 8.42 Å². The van der Waals surface area contributed by atoms with E-state index in [1.807, 2.05) is 28.8 Å². The standard InChI is InChI=1S/C23H22F3NO4S/c1-32(30,31)16-8-7-15(19(12-16)23(24,25)26)11-18-17-4-2-3-5-20(17)27-13-14(10-22(28)29)6-9-21(18)27/h2-5,7-8,12,14H,6,9-11,13H2,1H3,(H,28,29). The minimum Gasteiger partial charge on any atom is -0.481 e. The molecule has 1 unspecified atom stereocenters. The number of rotatable bonds is 5. The van der Waals surface area contributed by atoms with Crippen molar-refractivity contribution >= 4 is 26.7 Å². The van der Waals surface area contributed by atoms with Gasteiger partial charge in [0.25, 0.3) is 0 Å². The topological polar surface area (TPSA) is 76.4 Å². The summed E-state index contributed by atoms with van der Waals surface area (Å²) in [6, 6.07) is 10.6. The highest BCUT2D eigenvalue weighted by Crippen LogP contribution is 2.38. The smallest absolute Gasteiger partial charge is 0.416 e. The third-order valence-corrected chi connectivity index (χ3v) is 7.18. The Kier molecular flexibility index (Phi) is 5.56. The molecule has 2 aromatic carbocycles. The van der Waals surface area contributed by atoms with Gasteiger partial charge >= 0.3 is 12.1 Å². The van der Waals surface area contributed by atoms with Gasteiger partial charge in [-0.05, 0) is 48.1 Å². The Hall–Kier alpha value is -2.81. The fourth-order valence-corrected chi connectivity index (χ4v) is 5.27. The van der Waals surface area contributed by atoms with E-state index in [2.05, 4.69) is 0 Å². The maximum absolute atomic E-state index is 13.8. The Balaban J connectivity index is 1.82. The van der Waals surface area contributed by atoms with Crippen molar-refractivity contribution in [1.29, 1.82) is 0 Å². The Labute approximate surface area is 183 Å². The quantitative estimate of drug-likeness (QED) is 0.593. The molecule has 0 aliphatic carbocycles. The van der Waals surface area contributed by atoms with Crippen molar-refractivity contribution in [3.63, 3.8) is 0 Å². The van der Waals surface area contributed by atoms with Gasteiger partial charge in [0.05, 0.1) is 10.5 Å². The van der Waals surface area contributed by atoms with Gasteiger partial charge in [-0.1, -0.05) is 24.3 Å². The zero-order chi connectivity index (χ0) is 23.3. The van der Waals surface area contributed by atoms with Crippen molar-refractivity contribution in [2.75, 3.05) is 6.26 Å². The lowest BCUT2D eigenvalue weighted by atomic mass is 9.91. The van der Waals surface area contributed by atoms with Crippen LogP contribution in [0.5, 0.6) is 0 Å². The number of carboxylic acid groups (broad SMARTS) is 1. The van der Waals surface area contributed by atoms with Gasteiger partial charge in [0.2, 0.25) is 0 Å². The number of hydrogen-bond acceptors (Lipinski definition) is 3. The highest BCUT2D eigenvalue weighted by Gasteiger charge is 2.35. The van der Waals surface area contributed by atoms with Crippen LogP contribution in [0.4, 0.5) is 13.2 Å². The maximum Gasteiger partial charge on any atom is 0.416 e. The molecule has 9 heteroatoms. The molecule has 0 bridgehead atoms. The van der Waals surface area contributed by atoms with Gasteiger partial charge in [0, 0.05) is 42.2 Å². The molecule has 2 heterocycles. The molecule has 1 aliphatic heterocycles. The Morgan fingerprint density at radius 2 is 1.91 bits per heavy atom. The summed E-state index contributed by atoms with van der Waals surface area (Å²) in [5, 5.41) is 9.99. The average Bonchev–Trinajstić information content (AvgIpc) is 2.99. The summed E-state index contributed by atoms with van der Waals surface area (Å²) in [6.07, 6.45) is -2.54. The molecular formula is C23H22F3NO4S. The van der Waals surface area contributed by atoms with E-state index >= 15 is 0 Å².